The Labute approximate surface area is 210 Å². The number of alkyl halides is 1. The average molecular weight is 496 g/mol. The maximum Gasteiger partial charge on any atom is 0.320 e. The Morgan fingerprint density at radius 2 is 2.11 bits per heavy atom. The number of benzene rings is 2. The highest BCUT2D eigenvalue weighted by atomic mass is 35.5. The quantitative estimate of drug-likeness (QED) is 0.468. The van der Waals surface area contributed by atoms with Gasteiger partial charge in [-0.3, -0.25) is 4.79 Å². The van der Waals surface area contributed by atoms with Gasteiger partial charge in [0, 0.05) is 43.4 Å². The molecule has 2 aromatic carbocycles. The van der Waals surface area contributed by atoms with Crippen LogP contribution < -0.4 is 10.6 Å². The topological polar surface area (TPSA) is 92.5 Å². The number of halogens is 1. The van der Waals surface area contributed by atoms with Gasteiger partial charge in [-0.25, -0.2) is 0 Å². The van der Waals surface area contributed by atoms with Crippen molar-refractivity contribution in [2.45, 2.75) is 43.7 Å². The van der Waals surface area contributed by atoms with Crippen molar-refractivity contribution in [1.82, 2.24) is 20.4 Å². The fraction of sp³-hybridized carbons (Fsp3) is 0.423. The molecule has 2 aliphatic rings. The largest absolute Gasteiger partial charge is 0.405 e. The van der Waals surface area contributed by atoms with E-state index in [1.54, 1.807) is 0 Å². The molecule has 0 radical (unpaired) electrons. The van der Waals surface area contributed by atoms with Crippen LogP contribution in [-0.2, 0) is 17.0 Å². The van der Waals surface area contributed by atoms with Gasteiger partial charge in [-0.1, -0.05) is 35.4 Å². The van der Waals surface area contributed by atoms with Gasteiger partial charge >= 0.3 is 6.01 Å². The summed E-state index contributed by atoms with van der Waals surface area (Å²) < 4.78 is 11.5. The maximum atomic E-state index is 13.4. The van der Waals surface area contributed by atoms with Crippen molar-refractivity contribution in [3.63, 3.8) is 0 Å². The highest BCUT2D eigenvalue weighted by Crippen LogP contribution is 2.32. The number of hydrogen-bond donors (Lipinski definition) is 2. The second kappa shape index (κ2) is 10.4. The Kier molecular flexibility index (Phi) is 7.04. The average Bonchev–Trinajstić information content (AvgIpc) is 3.58. The van der Waals surface area contributed by atoms with Crippen LogP contribution in [0.3, 0.4) is 0 Å². The van der Waals surface area contributed by atoms with Gasteiger partial charge < -0.3 is 24.7 Å². The van der Waals surface area contributed by atoms with E-state index in [1.165, 1.54) is 0 Å². The molecule has 1 unspecified atom stereocenters. The minimum atomic E-state index is -0.440. The fourth-order valence-electron chi connectivity index (χ4n) is 4.87. The molecule has 1 aromatic heterocycles. The Hall–Kier alpha value is -2.94. The Bertz CT molecular complexity index is 1160. The van der Waals surface area contributed by atoms with E-state index in [0.717, 1.165) is 36.2 Å². The van der Waals surface area contributed by atoms with Crippen molar-refractivity contribution >= 4 is 29.2 Å². The number of nitrogens with zero attached hydrogens (tertiary/aromatic N) is 3. The van der Waals surface area contributed by atoms with Crippen molar-refractivity contribution in [1.29, 1.82) is 0 Å². The third kappa shape index (κ3) is 5.19. The highest BCUT2D eigenvalue weighted by Gasteiger charge is 2.38. The first-order chi connectivity index (χ1) is 17.1. The van der Waals surface area contributed by atoms with E-state index < -0.39 is 5.54 Å². The number of carbonyl (C=O) groups is 1. The van der Waals surface area contributed by atoms with Crippen LogP contribution in [0.1, 0.15) is 53.2 Å². The van der Waals surface area contributed by atoms with Crippen molar-refractivity contribution in [2.24, 2.45) is 0 Å². The number of hydrogen-bond acceptors (Lipinski definition) is 7. The molecule has 184 valence electrons. The van der Waals surface area contributed by atoms with Gasteiger partial charge in [-0.15, -0.1) is 16.7 Å². The second-order valence-corrected chi connectivity index (χ2v) is 9.64. The fourth-order valence-corrected chi connectivity index (χ4v) is 5.03. The first-order valence-corrected chi connectivity index (χ1v) is 12.6. The normalized spacial score (nSPS) is 22.3. The summed E-state index contributed by atoms with van der Waals surface area (Å²) in [7, 11) is 0. The number of amides is 1. The summed E-state index contributed by atoms with van der Waals surface area (Å²) >= 11 is 6.17. The van der Waals surface area contributed by atoms with E-state index in [0.29, 0.717) is 49.5 Å². The van der Waals surface area contributed by atoms with Gasteiger partial charge in [0.25, 0.3) is 5.91 Å². The summed E-state index contributed by atoms with van der Waals surface area (Å²) in [5.74, 6) is 0.932. The van der Waals surface area contributed by atoms with Crippen LogP contribution in [0.25, 0.3) is 0 Å². The number of ether oxygens (including phenoxy) is 1. The Morgan fingerprint density at radius 3 is 2.89 bits per heavy atom. The highest BCUT2D eigenvalue weighted by molar-refractivity contribution is 6.17. The summed E-state index contributed by atoms with van der Waals surface area (Å²) in [6.07, 6.45) is 2.36. The van der Waals surface area contributed by atoms with E-state index in [1.807, 2.05) is 47.4 Å². The van der Waals surface area contributed by atoms with Crippen molar-refractivity contribution in [3.05, 3.63) is 71.1 Å². The van der Waals surface area contributed by atoms with Gasteiger partial charge in [-0.05, 0) is 55.5 Å². The molecule has 0 saturated carbocycles. The van der Waals surface area contributed by atoms with Gasteiger partial charge in [0.15, 0.2) is 0 Å². The molecule has 2 atom stereocenters. The van der Waals surface area contributed by atoms with Gasteiger partial charge in [0.05, 0.1) is 5.54 Å². The van der Waals surface area contributed by atoms with Crippen LogP contribution in [0, 0.1) is 0 Å². The molecule has 1 amide bonds. The molecular weight excluding hydrogens is 466 g/mol. The summed E-state index contributed by atoms with van der Waals surface area (Å²) in [6.45, 7) is 4.91. The number of piperazine rings is 1. The van der Waals surface area contributed by atoms with Crippen LogP contribution in [0.5, 0.6) is 0 Å². The molecule has 2 saturated heterocycles. The predicted octanol–water partition coefficient (Wildman–Crippen LogP) is 4.45. The molecule has 0 spiro atoms. The lowest BCUT2D eigenvalue weighted by atomic mass is 9.87. The minimum Gasteiger partial charge on any atom is -0.405 e. The molecule has 5 rings (SSSR count). The minimum absolute atomic E-state index is 0.0377. The SMILES string of the molecule is C[C@]1(Cc2cc(CCl)ccc2Nc2nnc(C3CCCO3)o2)CNCCN1C(=O)c1ccccc1. The van der Waals surface area contributed by atoms with Crippen LogP contribution in [0.4, 0.5) is 11.7 Å². The summed E-state index contributed by atoms with van der Waals surface area (Å²) in [5.41, 5.74) is 3.13. The maximum absolute atomic E-state index is 13.4. The monoisotopic (exact) mass is 495 g/mol. The van der Waals surface area contributed by atoms with Gasteiger partial charge in [0.2, 0.25) is 5.89 Å². The van der Waals surface area contributed by atoms with E-state index in [-0.39, 0.29) is 12.0 Å². The number of carbonyl (C=O) groups excluding carboxylic acids is 1. The third-order valence-electron chi connectivity index (χ3n) is 6.72. The molecule has 3 heterocycles. The van der Waals surface area contributed by atoms with E-state index in [2.05, 4.69) is 33.8 Å². The van der Waals surface area contributed by atoms with Crippen LogP contribution >= 0.6 is 11.6 Å². The number of anilines is 2. The lowest BCUT2D eigenvalue weighted by Gasteiger charge is -2.45. The van der Waals surface area contributed by atoms with Gasteiger partial charge in [-0.2, -0.15) is 0 Å². The number of rotatable bonds is 7. The summed E-state index contributed by atoms with van der Waals surface area (Å²) in [5, 5.41) is 15.1. The zero-order valence-electron chi connectivity index (χ0n) is 19.8. The van der Waals surface area contributed by atoms with Crippen molar-refractivity contribution in [3.8, 4) is 0 Å². The zero-order chi connectivity index (χ0) is 24.3. The van der Waals surface area contributed by atoms with Crippen LogP contribution in [-0.4, -0.2) is 52.8 Å². The second-order valence-electron chi connectivity index (χ2n) is 9.37. The smallest absolute Gasteiger partial charge is 0.320 e. The molecule has 2 aliphatic heterocycles. The zero-order valence-corrected chi connectivity index (χ0v) is 20.6. The van der Waals surface area contributed by atoms with E-state index in [4.69, 9.17) is 20.8 Å². The summed E-state index contributed by atoms with van der Waals surface area (Å²) in [6, 6.07) is 15.8. The molecule has 9 heteroatoms. The standard InChI is InChI=1S/C26H30ClN5O3/c1-26(17-28-11-12-32(26)24(33)19-6-3-2-4-7-19)15-20-14-18(16-27)9-10-21(20)29-25-31-30-23(35-25)22-8-5-13-34-22/h2-4,6-7,9-10,14,22,28H,5,8,11-13,15-17H2,1H3,(H,29,31)/t22?,26-/m0/s1. The predicted molar refractivity (Wildman–Crippen MR) is 134 cm³/mol. The van der Waals surface area contributed by atoms with E-state index >= 15 is 0 Å². The molecule has 8 nitrogen and oxygen atoms in total. The summed E-state index contributed by atoms with van der Waals surface area (Å²) in [4.78, 5) is 15.4. The molecule has 3 aromatic rings. The number of aromatic nitrogens is 2. The Balaban J connectivity index is 1.41. The number of nitrogens with one attached hydrogen (secondary N) is 2. The van der Waals surface area contributed by atoms with Crippen LogP contribution in [0.2, 0.25) is 0 Å². The first kappa shape index (κ1) is 23.8. The molecule has 2 N–H and O–H groups in total. The molecule has 35 heavy (non-hydrogen) atoms. The molecular formula is C26H30ClN5O3. The van der Waals surface area contributed by atoms with Crippen LogP contribution in [0.15, 0.2) is 52.9 Å². The molecule has 0 bridgehead atoms. The van der Waals surface area contributed by atoms with Gasteiger partial charge in [0.1, 0.15) is 6.10 Å². The molecule has 2 fully saturated rings. The first-order valence-electron chi connectivity index (χ1n) is 12.0. The Morgan fingerprint density at radius 1 is 1.26 bits per heavy atom. The third-order valence-corrected chi connectivity index (χ3v) is 7.03. The lowest BCUT2D eigenvalue weighted by molar-refractivity contribution is 0.0427. The van der Waals surface area contributed by atoms with Crippen molar-refractivity contribution in [2.75, 3.05) is 31.6 Å². The lowest BCUT2D eigenvalue weighted by Crippen LogP contribution is -2.62. The molecule has 0 aliphatic carbocycles. The van der Waals surface area contributed by atoms with E-state index in [9.17, 15) is 4.79 Å². The van der Waals surface area contributed by atoms with Crippen molar-refractivity contribution < 1.29 is 13.9 Å².